The van der Waals surface area contributed by atoms with E-state index in [-0.39, 0.29) is 0 Å². The van der Waals surface area contributed by atoms with E-state index >= 15 is 0 Å². The van der Waals surface area contributed by atoms with Gasteiger partial charge in [0.15, 0.2) is 5.66 Å². The summed E-state index contributed by atoms with van der Waals surface area (Å²) in [6.07, 6.45) is 15.4. The fraction of sp³-hybridized carbons (Fsp3) is 0.0667. The molecule has 0 amide bonds. The van der Waals surface area contributed by atoms with Crippen molar-refractivity contribution in [1.82, 2.24) is 16.2 Å². The van der Waals surface area contributed by atoms with Crippen LogP contribution in [0, 0.1) is 0 Å². The minimum Gasteiger partial charge on any atom is -0.456 e. The zero-order valence-electron chi connectivity index (χ0n) is 27.6. The second kappa shape index (κ2) is 14.0. The number of nitrogens with one attached hydrogen (secondary N) is 3. The molecule has 0 saturated heterocycles. The fourth-order valence-corrected chi connectivity index (χ4v) is 6.83. The van der Waals surface area contributed by atoms with Crippen LogP contribution in [0.5, 0.6) is 0 Å². The SMILES string of the molecule is C=C/C=C(\C=Cc1ccccc1)NC(NNC)(c1ccccc1)c1cccc2oc3cccc(/C4=C/C=C\Cc5ccccc5C4=C)c3c12. The average molecular weight is 638 g/mol. The maximum atomic E-state index is 6.66. The summed E-state index contributed by atoms with van der Waals surface area (Å²) in [5, 5.41) is 5.94. The van der Waals surface area contributed by atoms with E-state index in [2.05, 4.69) is 145 Å². The van der Waals surface area contributed by atoms with Crippen molar-refractivity contribution in [2.24, 2.45) is 0 Å². The molecule has 4 heteroatoms. The van der Waals surface area contributed by atoms with Gasteiger partial charge in [-0.15, -0.1) is 0 Å². The van der Waals surface area contributed by atoms with Crippen LogP contribution in [0.2, 0.25) is 0 Å². The van der Waals surface area contributed by atoms with E-state index in [0.29, 0.717) is 0 Å². The van der Waals surface area contributed by atoms with E-state index in [9.17, 15) is 0 Å². The second-order valence-electron chi connectivity index (χ2n) is 12.0. The summed E-state index contributed by atoms with van der Waals surface area (Å²) >= 11 is 0. The Kier molecular flexibility index (Phi) is 9.07. The molecule has 1 atom stereocenters. The third-order valence-electron chi connectivity index (χ3n) is 9.02. The van der Waals surface area contributed by atoms with Crippen LogP contribution in [0.1, 0.15) is 33.4 Å². The van der Waals surface area contributed by atoms with Crippen LogP contribution in [0.4, 0.5) is 0 Å². The largest absolute Gasteiger partial charge is 0.456 e. The number of fused-ring (bicyclic) bond motifs is 4. The molecule has 1 aliphatic carbocycles. The molecule has 0 saturated carbocycles. The summed E-state index contributed by atoms with van der Waals surface area (Å²) in [7, 11) is 1.89. The smallest absolute Gasteiger partial charge is 0.154 e. The normalized spacial score (nSPS) is 16.4. The lowest BCUT2D eigenvalue weighted by molar-refractivity contribution is 0.317. The molecule has 6 aromatic rings. The molecule has 1 aromatic heterocycles. The van der Waals surface area contributed by atoms with Gasteiger partial charge in [-0.05, 0) is 76.7 Å². The van der Waals surface area contributed by atoms with Gasteiger partial charge in [0.05, 0.1) is 0 Å². The molecule has 4 nitrogen and oxygen atoms in total. The molecule has 49 heavy (non-hydrogen) atoms. The monoisotopic (exact) mass is 637 g/mol. The van der Waals surface area contributed by atoms with Crippen LogP contribution in [-0.4, -0.2) is 7.05 Å². The van der Waals surface area contributed by atoms with Crippen LogP contribution in [-0.2, 0) is 12.1 Å². The first-order valence-corrected chi connectivity index (χ1v) is 16.6. The van der Waals surface area contributed by atoms with E-state index in [1.807, 2.05) is 49.5 Å². The molecule has 0 aliphatic heterocycles. The van der Waals surface area contributed by atoms with Crippen molar-refractivity contribution in [3.8, 4) is 0 Å². The Morgan fingerprint density at radius 2 is 1.47 bits per heavy atom. The van der Waals surface area contributed by atoms with Crippen LogP contribution in [0.25, 0.3) is 39.2 Å². The molecule has 7 rings (SSSR count). The minimum atomic E-state index is -0.950. The Hall–Kier alpha value is -5.94. The van der Waals surface area contributed by atoms with Gasteiger partial charge in [0.2, 0.25) is 0 Å². The lowest BCUT2D eigenvalue weighted by atomic mass is 9.84. The quantitative estimate of drug-likeness (QED) is 0.0795. The van der Waals surface area contributed by atoms with E-state index in [4.69, 9.17) is 4.42 Å². The number of allylic oxidation sites excluding steroid dienone is 8. The molecule has 5 aromatic carbocycles. The zero-order valence-corrected chi connectivity index (χ0v) is 27.6. The fourth-order valence-electron chi connectivity index (χ4n) is 6.83. The first-order chi connectivity index (χ1) is 24.1. The van der Waals surface area contributed by atoms with Crippen LogP contribution < -0.4 is 16.2 Å². The van der Waals surface area contributed by atoms with Crippen LogP contribution in [0.3, 0.4) is 0 Å². The van der Waals surface area contributed by atoms with Gasteiger partial charge in [0.1, 0.15) is 11.2 Å². The number of benzene rings is 5. The summed E-state index contributed by atoms with van der Waals surface area (Å²) in [5.74, 6) is 0. The highest BCUT2D eigenvalue weighted by atomic mass is 16.3. The second-order valence-corrected chi connectivity index (χ2v) is 12.0. The van der Waals surface area contributed by atoms with Gasteiger partial charge in [0, 0.05) is 22.0 Å². The van der Waals surface area contributed by atoms with Gasteiger partial charge < -0.3 is 9.73 Å². The highest BCUT2D eigenvalue weighted by Crippen LogP contribution is 2.44. The summed E-state index contributed by atoms with van der Waals surface area (Å²) in [5.41, 5.74) is 17.1. The van der Waals surface area contributed by atoms with Crippen LogP contribution >= 0.6 is 0 Å². The van der Waals surface area contributed by atoms with E-state index in [1.54, 1.807) is 6.08 Å². The Labute approximate surface area is 288 Å². The first kappa shape index (κ1) is 31.6. The highest BCUT2D eigenvalue weighted by Gasteiger charge is 2.37. The Bertz CT molecular complexity index is 2270. The Morgan fingerprint density at radius 1 is 0.776 bits per heavy atom. The van der Waals surface area contributed by atoms with Gasteiger partial charge in [-0.1, -0.05) is 153 Å². The molecule has 0 fully saturated rings. The van der Waals surface area contributed by atoms with Crippen molar-refractivity contribution < 1.29 is 4.42 Å². The molecule has 0 radical (unpaired) electrons. The zero-order chi connectivity index (χ0) is 33.6. The molecule has 0 spiro atoms. The molecule has 1 unspecified atom stereocenters. The van der Waals surface area contributed by atoms with Gasteiger partial charge in [-0.25, -0.2) is 5.43 Å². The standard InChI is InChI=1S/C45H39N3O/c1-4-17-36(31-30-33-18-7-5-8-19-33)47-45(48-46-3,35-22-9-6-10-23-35)40-27-16-29-42-44(40)43-39(26-15-28-41(43)49-42)38-25-14-12-21-34-20-11-13-24-37(34)32(38)2/h4-20,22-31,46-48H,1-2,21H2,3H3/b14-12-,31-30?,36-17+,38-25+. The Balaban J connectivity index is 1.49. The highest BCUT2D eigenvalue weighted by molar-refractivity contribution is 6.18. The number of furan rings is 1. The van der Waals surface area contributed by atoms with E-state index in [1.165, 1.54) is 5.56 Å². The molecular formula is C45H39N3O. The van der Waals surface area contributed by atoms with Gasteiger partial charge in [0.25, 0.3) is 0 Å². The number of hydrogen-bond donors (Lipinski definition) is 3. The van der Waals surface area contributed by atoms with Gasteiger partial charge >= 0.3 is 0 Å². The van der Waals surface area contributed by atoms with Gasteiger partial charge in [-0.2, -0.15) is 0 Å². The summed E-state index contributed by atoms with van der Waals surface area (Å²) in [6.45, 7) is 8.69. The van der Waals surface area contributed by atoms with E-state index in [0.717, 1.165) is 73.0 Å². The molecule has 1 heterocycles. The molecular weight excluding hydrogens is 599 g/mol. The summed E-state index contributed by atoms with van der Waals surface area (Å²) in [6, 6.07) is 41.8. The van der Waals surface area contributed by atoms with Crippen molar-refractivity contribution in [2.45, 2.75) is 12.1 Å². The third-order valence-corrected chi connectivity index (χ3v) is 9.02. The van der Waals surface area contributed by atoms with Crippen molar-refractivity contribution in [1.29, 1.82) is 0 Å². The molecule has 1 aliphatic rings. The van der Waals surface area contributed by atoms with Crippen molar-refractivity contribution in [2.75, 3.05) is 7.05 Å². The minimum absolute atomic E-state index is 0.794. The molecule has 3 N–H and O–H groups in total. The van der Waals surface area contributed by atoms with Crippen molar-refractivity contribution in [3.05, 3.63) is 210 Å². The van der Waals surface area contributed by atoms with Gasteiger partial charge in [-0.3, -0.25) is 5.43 Å². The average Bonchev–Trinajstić information content (AvgIpc) is 3.53. The summed E-state index contributed by atoms with van der Waals surface area (Å²) < 4.78 is 6.66. The lowest BCUT2D eigenvalue weighted by Gasteiger charge is -2.38. The third kappa shape index (κ3) is 6.12. The number of hydrogen-bond acceptors (Lipinski definition) is 4. The first-order valence-electron chi connectivity index (χ1n) is 16.6. The maximum Gasteiger partial charge on any atom is 0.154 e. The topological polar surface area (TPSA) is 49.2 Å². The predicted molar refractivity (Wildman–Crippen MR) is 206 cm³/mol. The molecule has 0 bridgehead atoms. The predicted octanol–water partition coefficient (Wildman–Crippen LogP) is 10.1. The lowest BCUT2D eigenvalue weighted by Crippen LogP contribution is -2.58. The van der Waals surface area contributed by atoms with Crippen molar-refractivity contribution in [3.63, 3.8) is 0 Å². The number of rotatable bonds is 10. The number of hydrazine groups is 1. The van der Waals surface area contributed by atoms with E-state index < -0.39 is 5.66 Å². The maximum absolute atomic E-state index is 6.66. The summed E-state index contributed by atoms with van der Waals surface area (Å²) in [4.78, 5) is 0. The molecule has 240 valence electrons. The van der Waals surface area contributed by atoms with Crippen molar-refractivity contribution >= 4 is 39.2 Å². The Morgan fingerprint density at radius 3 is 2.24 bits per heavy atom. The van der Waals surface area contributed by atoms with Crippen LogP contribution in [0.15, 0.2) is 181 Å².